The topological polar surface area (TPSA) is 65.0 Å². The average molecular weight is 294 g/mol. The zero-order chi connectivity index (χ0) is 14.0. The van der Waals surface area contributed by atoms with Crippen LogP contribution in [-0.4, -0.2) is 30.8 Å². The van der Waals surface area contributed by atoms with Crippen molar-refractivity contribution in [1.29, 1.82) is 0 Å². The third-order valence-corrected chi connectivity index (χ3v) is 4.19. The Hall–Kier alpha value is 0.0700. The molecule has 0 radical (unpaired) electrons. The summed E-state index contributed by atoms with van der Waals surface area (Å²) >= 11 is 0. The maximum Gasteiger partial charge on any atom is 0.472 e. The normalized spacial score (nSPS) is 26.9. The summed E-state index contributed by atoms with van der Waals surface area (Å²) in [5.74, 6) is 0. The van der Waals surface area contributed by atoms with Crippen molar-refractivity contribution in [2.24, 2.45) is 0 Å². The lowest BCUT2D eigenvalue weighted by atomic mass is 10.1. The highest BCUT2D eigenvalue weighted by molar-refractivity contribution is 7.47. The Balaban J connectivity index is 1.80. The van der Waals surface area contributed by atoms with Gasteiger partial charge >= 0.3 is 7.82 Å². The molecule has 1 saturated heterocycles. The van der Waals surface area contributed by atoms with Gasteiger partial charge in [0.2, 0.25) is 0 Å². The van der Waals surface area contributed by atoms with Gasteiger partial charge in [0.15, 0.2) is 0 Å². The van der Waals surface area contributed by atoms with E-state index < -0.39 is 13.9 Å². The highest BCUT2D eigenvalue weighted by atomic mass is 31.2. The molecular formula is C13H27O5P. The van der Waals surface area contributed by atoms with Crippen molar-refractivity contribution in [3.63, 3.8) is 0 Å². The fraction of sp³-hybridized carbons (Fsp3) is 1.00. The molecule has 1 heterocycles. The maximum absolute atomic E-state index is 11.0. The summed E-state index contributed by atoms with van der Waals surface area (Å²) in [6.07, 6.45) is 9.74. The molecule has 2 atom stereocenters. The molecule has 0 aromatic carbocycles. The van der Waals surface area contributed by atoms with E-state index in [4.69, 9.17) is 14.2 Å². The molecule has 0 saturated carbocycles. The van der Waals surface area contributed by atoms with Crippen molar-refractivity contribution >= 4 is 7.82 Å². The minimum atomic E-state index is -3.76. The fourth-order valence-electron chi connectivity index (χ4n) is 2.06. The van der Waals surface area contributed by atoms with Crippen molar-refractivity contribution in [2.75, 3.05) is 19.8 Å². The summed E-state index contributed by atoms with van der Waals surface area (Å²) in [4.78, 5) is 8.98. The zero-order valence-corrected chi connectivity index (χ0v) is 12.8. The van der Waals surface area contributed by atoms with E-state index >= 15 is 0 Å². The van der Waals surface area contributed by atoms with E-state index in [0.717, 1.165) is 6.42 Å². The summed E-state index contributed by atoms with van der Waals surface area (Å²) in [5, 5.41) is 0. The van der Waals surface area contributed by atoms with E-state index in [0.29, 0.717) is 13.2 Å². The first-order valence-corrected chi connectivity index (χ1v) is 8.87. The van der Waals surface area contributed by atoms with Gasteiger partial charge in [0.05, 0.1) is 13.2 Å². The Kier molecular flexibility index (Phi) is 8.92. The Morgan fingerprint density at radius 1 is 1.16 bits per heavy atom. The third kappa shape index (κ3) is 8.77. The Morgan fingerprint density at radius 3 is 2.37 bits per heavy atom. The van der Waals surface area contributed by atoms with Crippen LogP contribution in [0.3, 0.4) is 0 Å². The minimum Gasteiger partial charge on any atom is -0.379 e. The molecule has 1 aliphatic rings. The lowest BCUT2D eigenvalue weighted by molar-refractivity contribution is 0.0554. The van der Waals surface area contributed by atoms with Crippen LogP contribution in [0.1, 0.15) is 58.3 Å². The molecule has 0 aromatic rings. The van der Waals surface area contributed by atoms with Crippen molar-refractivity contribution in [1.82, 2.24) is 0 Å². The predicted molar refractivity (Wildman–Crippen MR) is 74.1 cm³/mol. The largest absolute Gasteiger partial charge is 0.472 e. The number of phosphoric ester groups is 1. The van der Waals surface area contributed by atoms with Crippen LogP contribution in [-0.2, 0) is 18.3 Å². The number of unbranched alkanes of at least 4 members (excludes halogenated alkanes) is 7. The second kappa shape index (κ2) is 9.89. The molecular weight excluding hydrogens is 267 g/mol. The van der Waals surface area contributed by atoms with E-state index in [2.05, 4.69) is 11.4 Å². The lowest BCUT2D eigenvalue weighted by Gasteiger charge is -2.08. The Morgan fingerprint density at radius 2 is 1.79 bits per heavy atom. The first-order chi connectivity index (χ1) is 9.14. The number of phosphoric acid groups is 1. The van der Waals surface area contributed by atoms with Crippen LogP contribution in [0.4, 0.5) is 0 Å². The average Bonchev–Trinajstić information content (AvgIpc) is 2.71. The lowest BCUT2D eigenvalue weighted by Crippen LogP contribution is -2.17. The zero-order valence-electron chi connectivity index (χ0n) is 11.9. The number of rotatable bonds is 11. The molecule has 1 fully saturated rings. The van der Waals surface area contributed by atoms with Crippen LogP contribution in [0.25, 0.3) is 0 Å². The summed E-state index contributed by atoms with van der Waals surface area (Å²) in [7, 11) is -3.76. The van der Waals surface area contributed by atoms with Crippen LogP contribution in [0.2, 0.25) is 0 Å². The molecule has 1 aliphatic heterocycles. The summed E-state index contributed by atoms with van der Waals surface area (Å²) in [6, 6.07) is 0. The molecule has 0 aliphatic carbocycles. The maximum atomic E-state index is 11.0. The van der Waals surface area contributed by atoms with Crippen LogP contribution in [0.5, 0.6) is 0 Å². The molecule has 1 rings (SSSR count). The van der Waals surface area contributed by atoms with Gasteiger partial charge in [-0.3, -0.25) is 9.05 Å². The third-order valence-electron chi connectivity index (χ3n) is 3.15. The van der Waals surface area contributed by atoms with Gasteiger partial charge in [-0.1, -0.05) is 51.9 Å². The summed E-state index contributed by atoms with van der Waals surface area (Å²) in [5.41, 5.74) is 0. The second-order valence-electron chi connectivity index (χ2n) is 5.04. The Labute approximate surface area is 116 Å². The van der Waals surface area contributed by atoms with Crippen molar-refractivity contribution in [3.8, 4) is 0 Å². The molecule has 0 amide bonds. The second-order valence-corrected chi connectivity index (χ2v) is 6.45. The summed E-state index contributed by atoms with van der Waals surface area (Å²) < 4.78 is 25.8. The van der Waals surface area contributed by atoms with Gasteiger partial charge in [0.1, 0.15) is 6.10 Å². The van der Waals surface area contributed by atoms with Crippen LogP contribution >= 0.6 is 7.82 Å². The molecule has 6 heteroatoms. The number of hydrogen-bond donors (Lipinski definition) is 1. The van der Waals surface area contributed by atoms with Gasteiger partial charge in [-0.15, -0.1) is 0 Å². The van der Waals surface area contributed by atoms with Gasteiger partial charge in [-0.25, -0.2) is 4.57 Å². The standard InChI is InChI=1S/C13H27O5P/c1-2-3-4-5-6-7-8-9-10-16-11-13-12-17-19(14,15)18-13/h13H,2-12H2,1H3,(H,14,15). The van der Waals surface area contributed by atoms with E-state index in [1.807, 2.05) is 0 Å². The molecule has 2 unspecified atom stereocenters. The summed E-state index contributed by atoms with van der Waals surface area (Å²) in [6.45, 7) is 3.39. The van der Waals surface area contributed by atoms with Gasteiger partial charge in [-0.05, 0) is 6.42 Å². The number of ether oxygens (including phenoxy) is 1. The molecule has 19 heavy (non-hydrogen) atoms. The molecule has 0 aromatic heterocycles. The van der Waals surface area contributed by atoms with Crippen LogP contribution < -0.4 is 0 Å². The van der Waals surface area contributed by atoms with E-state index in [-0.39, 0.29) is 6.61 Å². The minimum absolute atomic E-state index is 0.144. The van der Waals surface area contributed by atoms with Crippen molar-refractivity contribution < 1.29 is 23.2 Å². The van der Waals surface area contributed by atoms with Crippen LogP contribution in [0, 0.1) is 0 Å². The van der Waals surface area contributed by atoms with Gasteiger partial charge in [0, 0.05) is 6.61 Å². The highest BCUT2D eigenvalue weighted by Gasteiger charge is 2.35. The van der Waals surface area contributed by atoms with Crippen LogP contribution in [0.15, 0.2) is 0 Å². The van der Waals surface area contributed by atoms with Crippen molar-refractivity contribution in [2.45, 2.75) is 64.4 Å². The van der Waals surface area contributed by atoms with Gasteiger partial charge in [-0.2, -0.15) is 0 Å². The van der Waals surface area contributed by atoms with Gasteiger partial charge in [0.25, 0.3) is 0 Å². The SMILES string of the molecule is CCCCCCCCCCOCC1COP(=O)(O)O1. The first-order valence-electron chi connectivity index (χ1n) is 7.37. The highest BCUT2D eigenvalue weighted by Crippen LogP contribution is 2.49. The smallest absolute Gasteiger partial charge is 0.379 e. The van der Waals surface area contributed by atoms with Gasteiger partial charge < -0.3 is 9.63 Å². The Bertz CT molecular complexity index is 272. The molecule has 0 spiro atoms. The fourth-order valence-corrected chi connectivity index (χ4v) is 2.97. The molecule has 5 nitrogen and oxygen atoms in total. The van der Waals surface area contributed by atoms with Crippen molar-refractivity contribution in [3.05, 3.63) is 0 Å². The predicted octanol–water partition coefficient (Wildman–Crippen LogP) is 3.66. The quantitative estimate of drug-likeness (QED) is 0.465. The van der Waals surface area contributed by atoms with E-state index in [1.54, 1.807) is 0 Å². The molecule has 1 N–H and O–H groups in total. The number of hydrogen-bond acceptors (Lipinski definition) is 4. The molecule has 114 valence electrons. The van der Waals surface area contributed by atoms with E-state index in [1.165, 1.54) is 44.9 Å². The first kappa shape index (κ1) is 17.1. The van der Waals surface area contributed by atoms with E-state index in [9.17, 15) is 4.57 Å². The molecule has 0 bridgehead atoms. The monoisotopic (exact) mass is 294 g/mol.